The van der Waals surface area contributed by atoms with E-state index >= 15 is 0 Å². The molecule has 0 unspecified atom stereocenters. The monoisotopic (exact) mass is 468 g/mol. The SMILES string of the molecule is Nc1ccn([C@H]2C[C@H](N)[C@@H](COC(c3ccccc3)(c3ccccc3)c3ccccc3)O2)c(=O)n1. The van der Waals surface area contributed by atoms with Crippen molar-refractivity contribution < 1.29 is 9.47 Å². The number of hydrogen-bond acceptors (Lipinski definition) is 6. The van der Waals surface area contributed by atoms with Crippen LogP contribution in [-0.4, -0.2) is 28.3 Å². The largest absolute Gasteiger partial charge is 0.383 e. The molecule has 4 N–H and O–H groups in total. The highest BCUT2D eigenvalue weighted by Crippen LogP contribution is 2.41. The van der Waals surface area contributed by atoms with E-state index in [0.29, 0.717) is 6.42 Å². The minimum Gasteiger partial charge on any atom is -0.383 e. The molecule has 4 aromatic rings. The number of aromatic nitrogens is 2. The van der Waals surface area contributed by atoms with Gasteiger partial charge in [0.2, 0.25) is 0 Å². The smallest absolute Gasteiger partial charge is 0.351 e. The second-order valence-electron chi connectivity index (χ2n) is 8.66. The molecule has 1 aromatic heterocycles. The first kappa shape index (κ1) is 23.0. The zero-order valence-corrected chi connectivity index (χ0v) is 19.2. The van der Waals surface area contributed by atoms with Gasteiger partial charge in [-0.3, -0.25) is 4.57 Å². The minimum absolute atomic E-state index is 0.173. The third-order valence-electron chi connectivity index (χ3n) is 6.45. The molecule has 7 nitrogen and oxygen atoms in total. The van der Waals surface area contributed by atoms with Crippen LogP contribution in [0.5, 0.6) is 0 Å². The van der Waals surface area contributed by atoms with Crippen LogP contribution in [0.2, 0.25) is 0 Å². The Morgan fingerprint density at radius 2 is 1.40 bits per heavy atom. The summed E-state index contributed by atoms with van der Waals surface area (Å²) in [5.41, 5.74) is 13.8. The van der Waals surface area contributed by atoms with Crippen LogP contribution in [0.3, 0.4) is 0 Å². The van der Waals surface area contributed by atoms with E-state index < -0.39 is 23.6 Å². The van der Waals surface area contributed by atoms with E-state index in [4.69, 9.17) is 20.9 Å². The summed E-state index contributed by atoms with van der Waals surface area (Å²) < 4.78 is 14.5. The Kier molecular flexibility index (Phi) is 6.46. The number of nitrogens with zero attached hydrogens (tertiary/aromatic N) is 2. The van der Waals surface area contributed by atoms with Gasteiger partial charge in [0.05, 0.1) is 12.7 Å². The number of nitrogen functional groups attached to an aromatic ring is 1. The normalized spacial score (nSPS) is 20.1. The van der Waals surface area contributed by atoms with Crippen LogP contribution in [0.4, 0.5) is 5.82 Å². The number of anilines is 1. The highest BCUT2D eigenvalue weighted by Gasteiger charge is 2.41. The molecule has 3 aromatic carbocycles. The number of nitrogens with two attached hydrogens (primary N) is 2. The van der Waals surface area contributed by atoms with Crippen molar-refractivity contribution in [1.82, 2.24) is 9.55 Å². The molecule has 35 heavy (non-hydrogen) atoms. The topological polar surface area (TPSA) is 105 Å². The summed E-state index contributed by atoms with van der Waals surface area (Å²) in [6.07, 6.45) is 1.11. The van der Waals surface area contributed by atoms with Gasteiger partial charge in [0.15, 0.2) is 0 Å². The number of ether oxygens (including phenoxy) is 2. The molecule has 0 aliphatic carbocycles. The second-order valence-corrected chi connectivity index (χ2v) is 8.66. The van der Waals surface area contributed by atoms with Crippen molar-refractivity contribution in [2.45, 2.75) is 30.4 Å². The van der Waals surface area contributed by atoms with Gasteiger partial charge in [-0.25, -0.2) is 4.79 Å². The van der Waals surface area contributed by atoms with Crippen molar-refractivity contribution in [2.75, 3.05) is 12.3 Å². The fraction of sp³-hybridized carbons (Fsp3) is 0.214. The standard InChI is InChI=1S/C28H28N4O3/c29-23-18-26(32-17-16-25(30)31-27(32)33)35-24(23)19-34-28(20-10-4-1-5-11-20,21-12-6-2-7-13-21)22-14-8-3-9-15-22/h1-17,23-24,26H,18-19,29H2,(H2,30,31,33)/t23-,24+,26+/m0/s1. The first-order valence-electron chi connectivity index (χ1n) is 11.6. The Morgan fingerprint density at radius 3 is 1.89 bits per heavy atom. The van der Waals surface area contributed by atoms with Gasteiger partial charge in [-0.1, -0.05) is 91.0 Å². The average Bonchev–Trinajstić information content (AvgIpc) is 3.26. The maximum atomic E-state index is 12.3. The zero-order chi connectivity index (χ0) is 24.3. The highest BCUT2D eigenvalue weighted by atomic mass is 16.6. The summed E-state index contributed by atoms with van der Waals surface area (Å²) in [7, 11) is 0. The third kappa shape index (κ3) is 4.49. The highest BCUT2D eigenvalue weighted by molar-refractivity contribution is 5.47. The van der Waals surface area contributed by atoms with Gasteiger partial charge >= 0.3 is 5.69 Å². The fourth-order valence-corrected chi connectivity index (χ4v) is 4.71. The molecular formula is C28H28N4O3. The molecular weight excluding hydrogens is 440 g/mol. The van der Waals surface area contributed by atoms with Gasteiger partial charge in [0.25, 0.3) is 0 Å². The van der Waals surface area contributed by atoms with E-state index in [1.807, 2.05) is 54.6 Å². The Labute approximate surface area is 204 Å². The van der Waals surface area contributed by atoms with Gasteiger partial charge in [-0.2, -0.15) is 4.98 Å². The van der Waals surface area contributed by atoms with Crippen LogP contribution in [-0.2, 0) is 15.1 Å². The Balaban J connectivity index is 1.50. The van der Waals surface area contributed by atoms with E-state index in [1.165, 1.54) is 4.57 Å². The first-order chi connectivity index (χ1) is 17.1. The number of benzene rings is 3. The van der Waals surface area contributed by atoms with Crippen LogP contribution in [0.15, 0.2) is 108 Å². The van der Waals surface area contributed by atoms with Crippen LogP contribution in [0, 0.1) is 0 Å². The van der Waals surface area contributed by atoms with Gasteiger partial charge in [0, 0.05) is 18.7 Å². The summed E-state index contributed by atoms with van der Waals surface area (Å²) in [5, 5.41) is 0. The Bertz CT molecular complexity index is 1220. The molecule has 3 atom stereocenters. The molecule has 7 heteroatoms. The van der Waals surface area contributed by atoms with Crippen molar-refractivity contribution in [3.63, 3.8) is 0 Å². The quantitative estimate of drug-likeness (QED) is 0.403. The maximum absolute atomic E-state index is 12.3. The third-order valence-corrected chi connectivity index (χ3v) is 6.45. The zero-order valence-electron chi connectivity index (χ0n) is 19.2. The van der Waals surface area contributed by atoms with Crippen molar-refractivity contribution in [1.29, 1.82) is 0 Å². The van der Waals surface area contributed by atoms with E-state index in [0.717, 1.165) is 16.7 Å². The molecule has 2 heterocycles. The second kappa shape index (κ2) is 9.84. The average molecular weight is 469 g/mol. The lowest BCUT2D eigenvalue weighted by Gasteiger charge is -2.37. The summed E-state index contributed by atoms with van der Waals surface area (Å²) in [5.74, 6) is 0.173. The summed E-state index contributed by atoms with van der Waals surface area (Å²) in [6, 6.07) is 31.7. The molecule has 0 spiro atoms. The molecule has 1 fully saturated rings. The lowest BCUT2D eigenvalue weighted by Crippen LogP contribution is -2.40. The summed E-state index contributed by atoms with van der Waals surface area (Å²) in [6.45, 7) is 0.230. The van der Waals surface area contributed by atoms with E-state index in [9.17, 15) is 4.79 Å². The fourth-order valence-electron chi connectivity index (χ4n) is 4.71. The van der Waals surface area contributed by atoms with Gasteiger partial charge < -0.3 is 20.9 Å². The molecule has 0 bridgehead atoms. The maximum Gasteiger partial charge on any atom is 0.351 e. The molecule has 5 rings (SSSR count). The predicted octanol–water partition coefficient (Wildman–Crippen LogP) is 3.45. The van der Waals surface area contributed by atoms with E-state index in [2.05, 4.69) is 41.4 Å². The molecule has 178 valence electrons. The molecule has 0 amide bonds. The minimum atomic E-state index is -0.870. The number of rotatable bonds is 7. The summed E-state index contributed by atoms with van der Waals surface area (Å²) >= 11 is 0. The van der Waals surface area contributed by atoms with Crippen LogP contribution in [0.1, 0.15) is 29.3 Å². The van der Waals surface area contributed by atoms with Crippen LogP contribution < -0.4 is 17.2 Å². The first-order valence-corrected chi connectivity index (χ1v) is 11.6. The lowest BCUT2D eigenvalue weighted by atomic mass is 9.80. The van der Waals surface area contributed by atoms with Crippen molar-refractivity contribution in [3.05, 3.63) is 130 Å². The van der Waals surface area contributed by atoms with E-state index in [-0.39, 0.29) is 18.5 Å². The van der Waals surface area contributed by atoms with Crippen LogP contribution in [0.25, 0.3) is 0 Å². The number of hydrogen-bond donors (Lipinski definition) is 2. The van der Waals surface area contributed by atoms with Crippen molar-refractivity contribution in [2.24, 2.45) is 5.73 Å². The molecule has 1 saturated heterocycles. The summed E-state index contributed by atoms with van der Waals surface area (Å²) in [4.78, 5) is 16.1. The molecule has 1 aliphatic rings. The predicted molar refractivity (Wildman–Crippen MR) is 135 cm³/mol. The van der Waals surface area contributed by atoms with Gasteiger partial charge in [-0.15, -0.1) is 0 Å². The molecule has 1 aliphatic heterocycles. The Hall–Kier alpha value is -3.78. The van der Waals surface area contributed by atoms with Crippen molar-refractivity contribution >= 4 is 5.82 Å². The van der Waals surface area contributed by atoms with Gasteiger partial charge in [-0.05, 0) is 22.8 Å². The van der Waals surface area contributed by atoms with Crippen molar-refractivity contribution in [3.8, 4) is 0 Å². The van der Waals surface area contributed by atoms with E-state index in [1.54, 1.807) is 12.3 Å². The Morgan fingerprint density at radius 1 is 0.886 bits per heavy atom. The van der Waals surface area contributed by atoms with Crippen LogP contribution >= 0.6 is 0 Å². The van der Waals surface area contributed by atoms with Gasteiger partial charge in [0.1, 0.15) is 17.6 Å². The molecule has 0 radical (unpaired) electrons. The lowest BCUT2D eigenvalue weighted by molar-refractivity contribution is -0.0796. The molecule has 0 saturated carbocycles.